The molecule has 140 valence electrons. The molecule has 3 aromatic rings. The number of hydrogen-bond donors (Lipinski definition) is 1. The van der Waals surface area contributed by atoms with E-state index >= 15 is 0 Å². The minimum atomic E-state index is -1.01. The van der Waals surface area contributed by atoms with Gasteiger partial charge in [0, 0.05) is 18.0 Å². The van der Waals surface area contributed by atoms with E-state index in [2.05, 4.69) is 10.3 Å². The fraction of sp³-hybridized carbons (Fsp3) is 0.100. The molecule has 0 saturated carbocycles. The van der Waals surface area contributed by atoms with Crippen LogP contribution in [0.5, 0.6) is 0 Å². The quantitative estimate of drug-likeness (QED) is 0.528. The van der Waals surface area contributed by atoms with Crippen molar-refractivity contribution in [2.45, 2.75) is 13.0 Å². The second-order valence-corrected chi connectivity index (χ2v) is 6.17. The van der Waals surface area contributed by atoms with Crippen LogP contribution in [0.25, 0.3) is 11.7 Å². The number of nitriles is 1. The maximum Gasteiger partial charge on any atom is 0.331 e. The molecule has 2 heterocycles. The monoisotopic (exact) mass is 394 g/mol. The lowest BCUT2D eigenvalue weighted by Crippen LogP contribution is -2.29. The first-order valence-corrected chi connectivity index (χ1v) is 8.68. The standard InChI is InChI=1S/C20H15ClN4O3/c1-13(20(27)23-15-7-5-14(12-22)6-8-15)28-18(26)10-9-16-19(21)24-17-4-2-3-11-25(16)17/h2-11,13H,1H3,(H,23,27)/b10-9+/t13-/m1/s1. The number of rotatable bonds is 5. The number of pyridine rings is 1. The van der Waals surface area contributed by atoms with Gasteiger partial charge in [-0.3, -0.25) is 9.20 Å². The summed E-state index contributed by atoms with van der Waals surface area (Å²) in [5, 5.41) is 11.6. The van der Waals surface area contributed by atoms with Crippen LogP contribution in [0.1, 0.15) is 18.2 Å². The Kier molecular flexibility index (Phi) is 5.72. The van der Waals surface area contributed by atoms with Crippen LogP contribution in [-0.2, 0) is 14.3 Å². The average Bonchev–Trinajstić information content (AvgIpc) is 3.01. The van der Waals surface area contributed by atoms with Gasteiger partial charge in [0.15, 0.2) is 11.3 Å². The van der Waals surface area contributed by atoms with Crippen molar-refractivity contribution in [3.8, 4) is 6.07 Å². The molecule has 0 aliphatic carbocycles. The van der Waals surface area contributed by atoms with Gasteiger partial charge in [-0.05, 0) is 49.4 Å². The predicted molar refractivity (Wildman–Crippen MR) is 105 cm³/mol. The lowest BCUT2D eigenvalue weighted by molar-refractivity contribution is -0.148. The highest BCUT2D eigenvalue weighted by molar-refractivity contribution is 6.31. The third-order valence-electron chi connectivity index (χ3n) is 3.84. The summed E-state index contributed by atoms with van der Waals surface area (Å²) in [5.74, 6) is -1.18. The van der Waals surface area contributed by atoms with Crippen LogP contribution in [0.4, 0.5) is 5.69 Å². The molecule has 0 saturated heterocycles. The molecule has 7 nitrogen and oxygen atoms in total. The number of anilines is 1. The van der Waals surface area contributed by atoms with E-state index in [9.17, 15) is 9.59 Å². The Balaban J connectivity index is 1.61. The molecule has 1 amide bonds. The lowest BCUT2D eigenvalue weighted by atomic mass is 10.2. The van der Waals surface area contributed by atoms with Crippen molar-refractivity contribution in [3.63, 3.8) is 0 Å². The number of hydrogen-bond acceptors (Lipinski definition) is 5. The topological polar surface area (TPSA) is 96.5 Å². The highest BCUT2D eigenvalue weighted by Crippen LogP contribution is 2.19. The second kappa shape index (κ2) is 8.37. The van der Waals surface area contributed by atoms with Crippen molar-refractivity contribution < 1.29 is 14.3 Å². The van der Waals surface area contributed by atoms with E-state index in [1.54, 1.807) is 40.9 Å². The number of esters is 1. The Labute approximate surface area is 165 Å². The van der Waals surface area contributed by atoms with Crippen LogP contribution in [0.15, 0.2) is 54.7 Å². The normalized spacial score (nSPS) is 11.9. The number of aromatic nitrogens is 2. The number of ether oxygens (including phenoxy) is 1. The number of nitrogens with one attached hydrogen (secondary N) is 1. The van der Waals surface area contributed by atoms with E-state index in [1.165, 1.54) is 19.1 Å². The van der Waals surface area contributed by atoms with E-state index in [1.807, 2.05) is 18.2 Å². The Hall–Kier alpha value is -3.63. The van der Waals surface area contributed by atoms with Gasteiger partial charge in [0.1, 0.15) is 5.65 Å². The maximum atomic E-state index is 12.2. The fourth-order valence-electron chi connectivity index (χ4n) is 2.42. The maximum absolute atomic E-state index is 12.2. The van der Waals surface area contributed by atoms with Crippen molar-refractivity contribution in [2.24, 2.45) is 0 Å². The van der Waals surface area contributed by atoms with Gasteiger partial charge >= 0.3 is 5.97 Å². The molecule has 0 radical (unpaired) electrons. The minimum absolute atomic E-state index is 0.252. The van der Waals surface area contributed by atoms with Crippen LogP contribution in [0, 0.1) is 11.3 Å². The number of carbonyl (C=O) groups is 2. The number of amides is 1. The molecule has 0 aliphatic rings. The first kappa shape index (κ1) is 19.1. The van der Waals surface area contributed by atoms with Gasteiger partial charge in [-0.1, -0.05) is 17.7 Å². The van der Waals surface area contributed by atoms with Crippen LogP contribution < -0.4 is 5.32 Å². The summed E-state index contributed by atoms with van der Waals surface area (Å²) in [6, 6.07) is 13.8. The van der Waals surface area contributed by atoms with E-state index in [4.69, 9.17) is 21.6 Å². The second-order valence-electron chi connectivity index (χ2n) is 5.81. The third-order valence-corrected chi connectivity index (χ3v) is 4.12. The summed E-state index contributed by atoms with van der Waals surface area (Å²) in [4.78, 5) is 28.4. The summed E-state index contributed by atoms with van der Waals surface area (Å²) in [6.45, 7) is 1.46. The number of carbonyl (C=O) groups excluding carboxylic acids is 2. The molecule has 2 aromatic heterocycles. The lowest BCUT2D eigenvalue weighted by Gasteiger charge is -2.12. The Morgan fingerprint density at radius 2 is 2.04 bits per heavy atom. The number of nitrogens with zero attached hydrogens (tertiary/aromatic N) is 3. The van der Waals surface area contributed by atoms with Gasteiger partial charge in [-0.2, -0.15) is 5.26 Å². The predicted octanol–water partition coefficient (Wildman–Crippen LogP) is 3.44. The van der Waals surface area contributed by atoms with Crippen molar-refractivity contribution in [1.82, 2.24) is 9.38 Å². The average molecular weight is 395 g/mol. The molecule has 1 aromatic carbocycles. The first-order valence-electron chi connectivity index (χ1n) is 8.30. The smallest absolute Gasteiger partial charge is 0.331 e. The summed E-state index contributed by atoms with van der Waals surface area (Å²) in [7, 11) is 0. The summed E-state index contributed by atoms with van der Waals surface area (Å²) in [5.41, 5.74) is 2.16. The molecular weight excluding hydrogens is 380 g/mol. The highest BCUT2D eigenvalue weighted by atomic mass is 35.5. The van der Waals surface area contributed by atoms with Crippen LogP contribution in [0.3, 0.4) is 0 Å². The van der Waals surface area contributed by atoms with Crippen LogP contribution in [0.2, 0.25) is 5.15 Å². The highest BCUT2D eigenvalue weighted by Gasteiger charge is 2.17. The van der Waals surface area contributed by atoms with Gasteiger partial charge < -0.3 is 10.1 Å². The Morgan fingerprint density at radius 3 is 2.75 bits per heavy atom. The molecule has 1 N–H and O–H groups in total. The van der Waals surface area contributed by atoms with Crippen molar-refractivity contribution >= 4 is 40.9 Å². The number of fused-ring (bicyclic) bond motifs is 1. The molecule has 0 unspecified atom stereocenters. The number of benzene rings is 1. The number of halogens is 1. The Bertz CT molecular complexity index is 1100. The van der Waals surface area contributed by atoms with E-state index in [-0.39, 0.29) is 5.15 Å². The Morgan fingerprint density at radius 1 is 1.29 bits per heavy atom. The molecule has 0 bridgehead atoms. The molecule has 28 heavy (non-hydrogen) atoms. The van der Waals surface area contributed by atoms with Crippen molar-refractivity contribution in [3.05, 3.63) is 71.1 Å². The molecule has 0 fully saturated rings. The summed E-state index contributed by atoms with van der Waals surface area (Å²) >= 11 is 6.10. The van der Waals surface area contributed by atoms with Gasteiger partial charge in [0.2, 0.25) is 0 Å². The largest absolute Gasteiger partial charge is 0.449 e. The molecule has 0 aliphatic heterocycles. The zero-order valence-corrected chi connectivity index (χ0v) is 15.6. The van der Waals surface area contributed by atoms with Gasteiger partial charge in [-0.15, -0.1) is 0 Å². The van der Waals surface area contributed by atoms with Crippen LogP contribution in [-0.4, -0.2) is 27.4 Å². The van der Waals surface area contributed by atoms with Gasteiger partial charge in [-0.25, -0.2) is 9.78 Å². The zero-order chi connectivity index (χ0) is 20.1. The van der Waals surface area contributed by atoms with Crippen LogP contribution >= 0.6 is 11.6 Å². The van der Waals surface area contributed by atoms with Crippen molar-refractivity contribution in [1.29, 1.82) is 5.26 Å². The number of imidazole rings is 1. The van der Waals surface area contributed by atoms with Gasteiger partial charge in [0.05, 0.1) is 17.3 Å². The fourth-order valence-corrected chi connectivity index (χ4v) is 2.66. The van der Waals surface area contributed by atoms with E-state index in [0.717, 1.165) is 0 Å². The SMILES string of the molecule is C[C@@H](OC(=O)/C=C/c1c(Cl)nc2ccccn12)C(=O)Nc1ccc(C#N)cc1. The molecular formula is C20H15ClN4O3. The van der Waals surface area contributed by atoms with Crippen molar-refractivity contribution in [2.75, 3.05) is 5.32 Å². The van der Waals surface area contributed by atoms with E-state index < -0.39 is 18.0 Å². The molecule has 8 heteroatoms. The van der Waals surface area contributed by atoms with Gasteiger partial charge in [0.25, 0.3) is 5.91 Å². The minimum Gasteiger partial charge on any atom is -0.449 e. The molecule has 0 spiro atoms. The first-order chi connectivity index (χ1) is 13.5. The summed E-state index contributed by atoms with van der Waals surface area (Å²) < 4.78 is 6.85. The molecule has 3 rings (SSSR count). The zero-order valence-electron chi connectivity index (χ0n) is 14.8. The third kappa shape index (κ3) is 4.37. The van der Waals surface area contributed by atoms with E-state index in [0.29, 0.717) is 22.6 Å². The summed E-state index contributed by atoms with van der Waals surface area (Å²) in [6.07, 6.45) is 3.43. The molecule has 1 atom stereocenters.